The van der Waals surface area contributed by atoms with Crippen molar-refractivity contribution < 1.29 is 4.42 Å². The molecule has 52 heavy (non-hydrogen) atoms. The van der Waals surface area contributed by atoms with E-state index >= 15 is 0 Å². The van der Waals surface area contributed by atoms with Crippen molar-refractivity contribution in [2.75, 3.05) is 4.90 Å². The van der Waals surface area contributed by atoms with Gasteiger partial charge in [0, 0.05) is 27.9 Å². The van der Waals surface area contributed by atoms with E-state index in [9.17, 15) is 0 Å². The van der Waals surface area contributed by atoms with Gasteiger partial charge in [-0.2, -0.15) is 0 Å². The van der Waals surface area contributed by atoms with Crippen molar-refractivity contribution in [2.45, 2.75) is 12.3 Å². The molecule has 1 aromatic heterocycles. The van der Waals surface area contributed by atoms with Crippen molar-refractivity contribution in [3.05, 3.63) is 193 Å². The molecule has 11 rings (SSSR count). The fraction of sp³-hybridized carbons (Fsp3) is 0.0400. The molecule has 10 aromatic rings. The third kappa shape index (κ3) is 4.44. The van der Waals surface area contributed by atoms with Crippen molar-refractivity contribution in [2.24, 2.45) is 0 Å². The number of fused-ring (bicyclic) bond motifs is 10. The highest BCUT2D eigenvalue weighted by molar-refractivity contribution is 6.15. The summed E-state index contributed by atoms with van der Waals surface area (Å²) in [5.41, 5.74) is 6.80. The molecule has 1 atom stereocenters. The second-order valence-electron chi connectivity index (χ2n) is 14.0. The standard InChI is InChI=1S/C50H33NO/c1-2-14-34-31-49-46(29-33(34)13-1)45-22-11-21-44(50(45)52-49)43-20-9-10-23-47(43)51(37-26-27-40-36(28-37)25-24-32-12-3-5-16-38(32)40)48-30-35-15-4-6-17-39(35)41-18-7-8-19-42(41)48/h1-20,22-31,44H,21H2. The first-order valence-electron chi connectivity index (χ1n) is 18.1. The lowest BCUT2D eigenvalue weighted by Crippen LogP contribution is -2.15. The average Bonchev–Trinajstić information content (AvgIpc) is 3.58. The van der Waals surface area contributed by atoms with Crippen molar-refractivity contribution in [1.29, 1.82) is 0 Å². The molecule has 0 amide bonds. The quantitative estimate of drug-likeness (QED) is 0.174. The Bertz CT molecular complexity index is 3070. The minimum atomic E-state index is 0.0466. The van der Waals surface area contributed by atoms with E-state index in [0.29, 0.717) is 0 Å². The maximum absolute atomic E-state index is 6.87. The summed E-state index contributed by atoms with van der Waals surface area (Å²) in [6.07, 6.45) is 5.45. The van der Waals surface area contributed by atoms with Crippen LogP contribution in [-0.2, 0) is 0 Å². The molecule has 0 bridgehead atoms. The fourth-order valence-corrected chi connectivity index (χ4v) is 8.70. The number of para-hydroxylation sites is 1. The highest BCUT2D eigenvalue weighted by Gasteiger charge is 2.30. The lowest BCUT2D eigenvalue weighted by Gasteiger charge is -2.32. The summed E-state index contributed by atoms with van der Waals surface area (Å²) in [6.45, 7) is 0. The van der Waals surface area contributed by atoms with Gasteiger partial charge in [-0.05, 0) is 96.9 Å². The molecule has 1 heterocycles. The van der Waals surface area contributed by atoms with Gasteiger partial charge >= 0.3 is 0 Å². The van der Waals surface area contributed by atoms with Crippen molar-refractivity contribution in [3.8, 4) is 0 Å². The number of rotatable bonds is 4. The Hall–Kier alpha value is -6.64. The van der Waals surface area contributed by atoms with Gasteiger partial charge in [0.1, 0.15) is 11.3 Å². The zero-order valence-electron chi connectivity index (χ0n) is 28.5. The van der Waals surface area contributed by atoms with E-state index in [-0.39, 0.29) is 5.92 Å². The average molecular weight is 664 g/mol. The smallest absolute Gasteiger partial charge is 0.135 e. The molecule has 0 fully saturated rings. The Kier molecular flexibility index (Phi) is 6.41. The molecule has 0 aliphatic heterocycles. The minimum absolute atomic E-state index is 0.0466. The van der Waals surface area contributed by atoms with Crippen LogP contribution in [0.3, 0.4) is 0 Å². The molecule has 0 radical (unpaired) electrons. The zero-order chi connectivity index (χ0) is 34.2. The maximum Gasteiger partial charge on any atom is 0.135 e. The Morgan fingerprint density at radius 1 is 0.442 bits per heavy atom. The zero-order valence-corrected chi connectivity index (χ0v) is 28.5. The first-order chi connectivity index (χ1) is 25.8. The predicted octanol–water partition coefficient (Wildman–Crippen LogP) is 14.2. The van der Waals surface area contributed by atoms with E-state index in [2.05, 4.69) is 187 Å². The van der Waals surface area contributed by atoms with E-state index in [0.717, 1.165) is 34.8 Å². The topological polar surface area (TPSA) is 16.4 Å². The molecule has 0 saturated heterocycles. The van der Waals surface area contributed by atoms with Crippen molar-refractivity contribution in [1.82, 2.24) is 0 Å². The molecule has 1 unspecified atom stereocenters. The van der Waals surface area contributed by atoms with Crippen LogP contribution in [-0.4, -0.2) is 0 Å². The third-order valence-corrected chi connectivity index (χ3v) is 11.1. The number of hydrogen-bond donors (Lipinski definition) is 0. The monoisotopic (exact) mass is 663 g/mol. The number of benzene rings is 9. The summed E-state index contributed by atoms with van der Waals surface area (Å²) in [6, 6.07) is 62.1. The number of nitrogens with zero attached hydrogens (tertiary/aromatic N) is 1. The number of allylic oxidation sites excluding steroid dienone is 1. The van der Waals surface area contributed by atoms with Gasteiger partial charge < -0.3 is 9.32 Å². The fourth-order valence-electron chi connectivity index (χ4n) is 8.70. The molecule has 1 aliphatic rings. The summed E-state index contributed by atoms with van der Waals surface area (Å²) in [5.74, 6) is 1.08. The first kappa shape index (κ1) is 29.1. The van der Waals surface area contributed by atoms with Gasteiger partial charge in [-0.1, -0.05) is 146 Å². The normalized spacial score (nSPS) is 14.2. The van der Waals surface area contributed by atoms with Gasteiger partial charge in [-0.3, -0.25) is 0 Å². The summed E-state index contributed by atoms with van der Waals surface area (Å²) in [4.78, 5) is 2.49. The Balaban J connectivity index is 1.17. The van der Waals surface area contributed by atoms with Crippen LogP contribution in [0.15, 0.2) is 180 Å². The van der Waals surface area contributed by atoms with Crippen LogP contribution in [0.25, 0.3) is 70.9 Å². The van der Waals surface area contributed by atoms with Crippen LogP contribution >= 0.6 is 0 Å². The molecule has 2 heteroatoms. The van der Waals surface area contributed by atoms with Crippen molar-refractivity contribution >= 4 is 88.0 Å². The van der Waals surface area contributed by atoms with Crippen LogP contribution in [0.4, 0.5) is 17.1 Å². The predicted molar refractivity (Wildman–Crippen MR) is 220 cm³/mol. The molecule has 0 N–H and O–H groups in total. The van der Waals surface area contributed by atoms with Gasteiger partial charge in [0.25, 0.3) is 0 Å². The molecule has 0 spiro atoms. The molecular weight excluding hydrogens is 631 g/mol. The van der Waals surface area contributed by atoms with Gasteiger partial charge in [0.2, 0.25) is 0 Å². The van der Waals surface area contributed by atoms with Crippen LogP contribution in [0.1, 0.15) is 29.2 Å². The summed E-state index contributed by atoms with van der Waals surface area (Å²) >= 11 is 0. The minimum Gasteiger partial charge on any atom is -0.460 e. The lowest BCUT2D eigenvalue weighted by atomic mass is 9.85. The molecule has 9 aromatic carbocycles. The van der Waals surface area contributed by atoms with Gasteiger partial charge in [-0.15, -0.1) is 0 Å². The molecular formula is C50H33NO. The first-order valence-corrected chi connectivity index (χ1v) is 18.1. The van der Waals surface area contributed by atoms with Gasteiger partial charge in [-0.25, -0.2) is 0 Å². The van der Waals surface area contributed by atoms with Crippen LogP contribution in [0, 0.1) is 0 Å². The van der Waals surface area contributed by atoms with E-state index in [4.69, 9.17) is 4.42 Å². The SMILES string of the molecule is C1=Cc2c(oc3cc4ccccc4cc23)C(c2ccccc2N(c2ccc3c(ccc4ccccc43)c2)c2cc3ccccc3c3ccccc23)C1. The molecule has 0 saturated carbocycles. The Morgan fingerprint density at radius 3 is 1.90 bits per heavy atom. The van der Waals surface area contributed by atoms with Gasteiger partial charge in [0.05, 0.1) is 11.4 Å². The number of furan rings is 1. The Labute approximate surface area is 301 Å². The second kappa shape index (κ2) is 11.4. The summed E-state index contributed by atoms with van der Waals surface area (Å²) in [5, 5.41) is 13.5. The lowest BCUT2D eigenvalue weighted by molar-refractivity contribution is 0.517. The second-order valence-corrected chi connectivity index (χ2v) is 14.0. The largest absolute Gasteiger partial charge is 0.460 e. The van der Waals surface area contributed by atoms with E-state index < -0.39 is 0 Å². The van der Waals surface area contributed by atoms with Crippen LogP contribution in [0.5, 0.6) is 0 Å². The van der Waals surface area contributed by atoms with E-state index in [1.54, 1.807) is 0 Å². The van der Waals surface area contributed by atoms with Crippen molar-refractivity contribution in [3.63, 3.8) is 0 Å². The molecule has 2 nitrogen and oxygen atoms in total. The van der Waals surface area contributed by atoms with Gasteiger partial charge in [0.15, 0.2) is 0 Å². The number of hydrogen-bond acceptors (Lipinski definition) is 2. The highest BCUT2D eigenvalue weighted by Crippen LogP contribution is 2.49. The third-order valence-electron chi connectivity index (χ3n) is 11.1. The number of anilines is 3. The maximum atomic E-state index is 6.87. The van der Waals surface area contributed by atoms with E-state index in [1.165, 1.54) is 70.4 Å². The Morgan fingerprint density at radius 2 is 1.06 bits per heavy atom. The van der Waals surface area contributed by atoms with Crippen LogP contribution < -0.4 is 4.90 Å². The highest BCUT2D eigenvalue weighted by atomic mass is 16.3. The summed E-state index contributed by atoms with van der Waals surface area (Å²) < 4.78 is 6.87. The molecule has 1 aliphatic carbocycles. The molecule has 244 valence electrons. The van der Waals surface area contributed by atoms with Crippen LogP contribution in [0.2, 0.25) is 0 Å². The summed E-state index contributed by atoms with van der Waals surface area (Å²) in [7, 11) is 0. The van der Waals surface area contributed by atoms with E-state index in [1.807, 2.05) is 0 Å².